The maximum absolute atomic E-state index is 11.3. The first kappa shape index (κ1) is 16.8. The van der Waals surface area contributed by atoms with Crippen molar-refractivity contribution in [3.63, 3.8) is 0 Å². The Bertz CT molecular complexity index is 735. The molecule has 0 saturated heterocycles. The Kier molecular flexibility index (Phi) is 5.45. The topological polar surface area (TPSA) is 64.0 Å². The summed E-state index contributed by atoms with van der Waals surface area (Å²) in [6.45, 7) is 5.31. The number of rotatable bonds is 8. The van der Waals surface area contributed by atoms with E-state index < -0.39 is 10.0 Å². The van der Waals surface area contributed by atoms with Gasteiger partial charge >= 0.3 is 0 Å². The Morgan fingerprint density at radius 2 is 1.95 bits per heavy atom. The lowest BCUT2D eigenvalue weighted by molar-refractivity contribution is 0.588. The summed E-state index contributed by atoms with van der Waals surface area (Å²) in [5, 5.41) is 0. The molecule has 0 unspecified atom stereocenters. The van der Waals surface area contributed by atoms with E-state index in [1.807, 2.05) is 12.1 Å². The zero-order chi connectivity index (χ0) is 16.2. The van der Waals surface area contributed by atoms with Crippen molar-refractivity contribution in [1.82, 2.24) is 9.55 Å². The van der Waals surface area contributed by atoms with Crippen molar-refractivity contribution >= 4 is 26.7 Å². The summed E-state index contributed by atoms with van der Waals surface area (Å²) in [5.41, 5.74) is 2.50. The number of anilines is 1. The number of unbranched alkanes of at least 4 members (excludes halogenated alkanes) is 2. The lowest BCUT2D eigenvalue weighted by atomic mass is 10.2. The monoisotopic (exact) mass is 323 g/mol. The van der Waals surface area contributed by atoms with Gasteiger partial charge in [0.15, 0.2) is 0 Å². The molecule has 0 saturated carbocycles. The van der Waals surface area contributed by atoms with Crippen molar-refractivity contribution in [3.8, 4) is 0 Å². The van der Waals surface area contributed by atoms with Gasteiger partial charge in [-0.3, -0.25) is 4.72 Å². The second-order valence-corrected chi connectivity index (χ2v) is 7.46. The summed E-state index contributed by atoms with van der Waals surface area (Å²) in [6.07, 6.45) is 6.68. The number of nitrogens with one attached hydrogen (secondary N) is 1. The van der Waals surface area contributed by atoms with Crippen molar-refractivity contribution in [2.75, 3.05) is 11.0 Å². The fraction of sp³-hybridized carbons (Fsp3) is 0.562. The number of imidazole rings is 1. The van der Waals surface area contributed by atoms with Crippen LogP contribution in [0, 0.1) is 0 Å². The lowest BCUT2D eigenvalue weighted by Gasteiger charge is -2.08. The van der Waals surface area contributed by atoms with Crippen molar-refractivity contribution in [3.05, 3.63) is 24.0 Å². The van der Waals surface area contributed by atoms with E-state index in [0.717, 1.165) is 48.9 Å². The van der Waals surface area contributed by atoms with Crippen LogP contribution in [-0.4, -0.2) is 24.2 Å². The van der Waals surface area contributed by atoms with E-state index in [1.54, 1.807) is 6.07 Å². The van der Waals surface area contributed by atoms with Crippen LogP contribution in [0.1, 0.15) is 45.4 Å². The minimum Gasteiger partial charge on any atom is -0.328 e. The molecule has 0 atom stereocenters. The van der Waals surface area contributed by atoms with Gasteiger partial charge in [-0.05, 0) is 31.0 Å². The SMILES string of the molecule is CCCCCn1c(CCC)nc2cc(NS(C)(=O)=O)ccc21. The van der Waals surface area contributed by atoms with Gasteiger partial charge in [0, 0.05) is 13.0 Å². The molecule has 0 amide bonds. The molecule has 22 heavy (non-hydrogen) atoms. The Morgan fingerprint density at radius 3 is 2.59 bits per heavy atom. The highest BCUT2D eigenvalue weighted by Gasteiger charge is 2.11. The zero-order valence-corrected chi connectivity index (χ0v) is 14.4. The van der Waals surface area contributed by atoms with Crippen LogP contribution < -0.4 is 4.72 Å². The molecule has 1 N–H and O–H groups in total. The molecule has 0 spiro atoms. The highest BCUT2D eigenvalue weighted by Crippen LogP contribution is 2.22. The Hall–Kier alpha value is -1.56. The fourth-order valence-electron chi connectivity index (χ4n) is 2.64. The average molecular weight is 323 g/mol. The number of hydrogen-bond acceptors (Lipinski definition) is 3. The number of aromatic nitrogens is 2. The summed E-state index contributed by atoms with van der Waals surface area (Å²) in [5.74, 6) is 1.09. The quantitative estimate of drug-likeness (QED) is 0.756. The van der Waals surface area contributed by atoms with Crippen molar-refractivity contribution in [2.45, 2.75) is 52.5 Å². The minimum atomic E-state index is -3.26. The van der Waals surface area contributed by atoms with Crippen LogP contribution in [-0.2, 0) is 23.0 Å². The molecule has 2 aromatic rings. The molecule has 1 aromatic carbocycles. The number of nitrogens with zero attached hydrogens (tertiary/aromatic N) is 2. The van der Waals surface area contributed by atoms with Gasteiger partial charge in [0.1, 0.15) is 5.82 Å². The summed E-state index contributed by atoms with van der Waals surface area (Å²) >= 11 is 0. The second-order valence-electron chi connectivity index (χ2n) is 5.71. The number of benzene rings is 1. The fourth-order valence-corrected chi connectivity index (χ4v) is 3.20. The molecule has 0 aliphatic heterocycles. The summed E-state index contributed by atoms with van der Waals surface area (Å²) in [6, 6.07) is 5.57. The van der Waals surface area contributed by atoms with Gasteiger partial charge < -0.3 is 4.57 Å². The number of aryl methyl sites for hydroxylation is 2. The Labute approximate surface area is 132 Å². The maximum atomic E-state index is 11.3. The third-order valence-electron chi connectivity index (χ3n) is 3.59. The number of hydrogen-bond donors (Lipinski definition) is 1. The summed E-state index contributed by atoms with van der Waals surface area (Å²) < 4.78 is 27.5. The van der Waals surface area contributed by atoms with E-state index in [1.165, 1.54) is 12.8 Å². The molecule has 5 nitrogen and oxygen atoms in total. The van der Waals surface area contributed by atoms with E-state index in [2.05, 4.69) is 23.1 Å². The molecule has 6 heteroatoms. The molecule has 0 aliphatic rings. The van der Waals surface area contributed by atoms with Gasteiger partial charge in [-0.25, -0.2) is 13.4 Å². The van der Waals surface area contributed by atoms with Crippen molar-refractivity contribution in [2.24, 2.45) is 0 Å². The number of fused-ring (bicyclic) bond motifs is 1. The smallest absolute Gasteiger partial charge is 0.229 e. The third-order valence-corrected chi connectivity index (χ3v) is 4.20. The first-order valence-corrected chi connectivity index (χ1v) is 9.80. The van der Waals surface area contributed by atoms with Crippen LogP contribution in [0.5, 0.6) is 0 Å². The van der Waals surface area contributed by atoms with Crippen LogP contribution >= 0.6 is 0 Å². The van der Waals surface area contributed by atoms with Gasteiger partial charge in [-0.2, -0.15) is 0 Å². The summed E-state index contributed by atoms with van der Waals surface area (Å²) in [4.78, 5) is 4.70. The van der Waals surface area contributed by atoms with Gasteiger partial charge in [0.2, 0.25) is 10.0 Å². The van der Waals surface area contributed by atoms with Crippen LogP contribution in [0.4, 0.5) is 5.69 Å². The first-order valence-electron chi connectivity index (χ1n) is 7.91. The Morgan fingerprint density at radius 1 is 1.18 bits per heavy atom. The maximum Gasteiger partial charge on any atom is 0.229 e. The van der Waals surface area contributed by atoms with Crippen molar-refractivity contribution in [1.29, 1.82) is 0 Å². The molecule has 0 radical (unpaired) electrons. The third kappa shape index (κ3) is 4.22. The van der Waals surface area contributed by atoms with Crippen LogP contribution in [0.15, 0.2) is 18.2 Å². The van der Waals surface area contributed by atoms with E-state index in [9.17, 15) is 8.42 Å². The molecule has 0 bridgehead atoms. The van der Waals surface area contributed by atoms with E-state index in [-0.39, 0.29) is 0 Å². The molecular formula is C16H25N3O2S. The molecule has 1 aromatic heterocycles. The highest BCUT2D eigenvalue weighted by atomic mass is 32.2. The standard InChI is InChI=1S/C16H25N3O2S/c1-4-6-7-11-19-15-10-9-13(18-22(3,20)21)12-14(15)17-16(19)8-5-2/h9-10,12,18H,4-8,11H2,1-3H3. The lowest BCUT2D eigenvalue weighted by Crippen LogP contribution is -2.09. The average Bonchev–Trinajstić information content (AvgIpc) is 2.75. The largest absolute Gasteiger partial charge is 0.328 e. The zero-order valence-electron chi connectivity index (χ0n) is 13.6. The molecule has 2 rings (SSSR count). The van der Waals surface area contributed by atoms with Gasteiger partial charge in [-0.15, -0.1) is 0 Å². The van der Waals surface area contributed by atoms with Crippen LogP contribution in [0.3, 0.4) is 0 Å². The Balaban J connectivity index is 2.37. The second kappa shape index (κ2) is 7.13. The molecule has 122 valence electrons. The predicted molar refractivity (Wildman–Crippen MR) is 91.7 cm³/mol. The van der Waals surface area contributed by atoms with Crippen molar-refractivity contribution < 1.29 is 8.42 Å². The van der Waals surface area contributed by atoms with Gasteiger partial charge in [0.05, 0.1) is 23.0 Å². The molecule has 0 aliphatic carbocycles. The highest BCUT2D eigenvalue weighted by molar-refractivity contribution is 7.92. The van der Waals surface area contributed by atoms with E-state index in [4.69, 9.17) is 4.98 Å². The van der Waals surface area contributed by atoms with Crippen LogP contribution in [0.2, 0.25) is 0 Å². The summed E-state index contributed by atoms with van der Waals surface area (Å²) in [7, 11) is -3.26. The van der Waals surface area contributed by atoms with Crippen LogP contribution in [0.25, 0.3) is 11.0 Å². The van der Waals surface area contributed by atoms with Gasteiger partial charge in [-0.1, -0.05) is 26.7 Å². The predicted octanol–water partition coefficient (Wildman–Crippen LogP) is 3.55. The first-order chi connectivity index (χ1) is 10.4. The number of sulfonamides is 1. The van der Waals surface area contributed by atoms with E-state index in [0.29, 0.717) is 5.69 Å². The molecular weight excluding hydrogens is 298 g/mol. The minimum absolute atomic E-state index is 0.566. The van der Waals surface area contributed by atoms with E-state index >= 15 is 0 Å². The molecule has 1 heterocycles. The molecule has 0 fully saturated rings. The van der Waals surface area contributed by atoms with Gasteiger partial charge in [0.25, 0.3) is 0 Å². The normalized spacial score (nSPS) is 12.0.